The quantitative estimate of drug-likeness (QED) is 0.926. The molecule has 0 heterocycles. The van der Waals surface area contributed by atoms with Crippen molar-refractivity contribution in [2.24, 2.45) is 0 Å². The Balaban J connectivity index is 2.61. The fourth-order valence-electron chi connectivity index (χ4n) is 2.34. The van der Waals surface area contributed by atoms with Crippen LogP contribution >= 0.6 is 0 Å². The van der Waals surface area contributed by atoms with E-state index in [-0.39, 0.29) is 5.82 Å². The minimum Gasteiger partial charge on any atom is -0.389 e. The number of hydrogen-bond donors (Lipinski definition) is 1. The van der Waals surface area contributed by atoms with Crippen LogP contribution < -0.4 is 4.90 Å². The van der Waals surface area contributed by atoms with Crippen molar-refractivity contribution in [1.29, 1.82) is 5.26 Å². The Bertz CT molecular complexity index is 677. The van der Waals surface area contributed by atoms with Crippen molar-refractivity contribution >= 4 is 11.4 Å². The highest BCUT2D eigenvalue weighted by Crippen LogP contribution is 2.34. The molecule has 0 bridgehead atoms. The molecule has 108 valence electrons. The summed E-state index contributed by atoms with van der Waals surface area (Å²) in [5.41, 5.74) is 2.22. The summed E-state index contributed by atoms with van der Waals surface area (Å²) in [4.78, 5) is 1.76. The van der Waals surface area contributed by atoms with Gasteiger partial charge in [0.15, 0.2) is 0 Å². The molecule has 0 radical (unpaired) electrons. The minimum absolute atomic E-state index is 0.335. The van der Waals surface area contributed by atoms with E-state index in [0.29, 0.717) is 29.0 Å². The zero-order valence-corrected chi connectivity index (χ0v) is 12.0. The summed E-state index contributed by atoms with van der Waals surface area (Å²) in [7, 11) is 0. The highest BCUT2D eigenvalue weighted by atomic mass is 19.1. The van der Waals surface area contributed by atoms with Gasteiger partial charge in [-0.2, -0.15) is 5.26 Å². The number of halogens is 1. The highest BCUT2D eigenvalue weighted by Gasteiger charge is 2.18. The van der Waals surface area contributed by atoms with E-state index in [0.717, 1.165) is 0 Å². The molecule has 1 unspecified atom stereocenters. The zero-order valence-electron chi connectivity index (χ0n) is 12.0. The summed E-state index contributed by atoms with van der Waals surface area (Å²) >= 11 is 0. The molecule has 3 nitrogen and oxygen atoms in total. The fourth-order valence-corrected chi connectivity index (χ4v) is 2.34. The molecule has 1 atom stereocenters. The van der Waals surface area contributed by atoms with Crippen LogP contribution in [0.3, 0.4) is 0 Å². The summed E-state index contributed by atoms with van der Waals surface area (Å²) in [5, 5.41) is 19.0. The number of rotatable bonds is 4. The molecular formula is C17H17FN2O. The second-order valence-corrected chi connectivity index (χ2v) is 4.76. The molecule has 0 amide bonds. The van der Waals surface area contributed by atoms with Gasteiger partial charge in [0.05, 0.1) is 23.4 Å². The van der Waals surface area contributed by atoms with E-state index >= 15 is 0 Å². The molecule has 21 heavy (non-hydrogen) atoms. The molecule has 0 aliphatic heterocycles. The first-order chi connectivity index (χ1) is 10.1. The molecule has 1 N–H and O–H groups in total. The Morgan fingerprint density at radius 1 is 1.24 bits per heavy atom. The predicted octanol–water partition coefficient (Wildman–Crippen LogP) is 3.91. The normalized spacial score (nSPS) is 11.8. The molecule has 0 saturated heterocycles. The van der Waals surface area contributed by atoms with Gasteiger partial charge in [0.1, 0.15) is 5.82 Å². The summed E-state index contributed by atoms with van der Waals surface area (Å²) in [6, 6.07) is 13.6. The lowest BCUT2D eigenvalue weighted by molar-refractivity contribution is 0.199. The lowest BCUT2D eigenvalue weighted by Gasteiger charge is -2.27. The van der Waals surface area contributed by atoms with E-state index in [4.69, 9.17) is 5.26 Å². The van der Waals surface area contributed by atoms with Gasteiger partial charge >= 0.3 is 0 Å². The summed E-state index contributed by atoms with van der Waals surface area (Å²) in [6.07, 6.45) is -0.700. The van der Waals surface area contributed by atoms with Crippen LogP contribution in [-0.2, 0) is 0 Å². The maximum atomic E-state index is 14.1. The van der Waals surface area contributed by atoms with Crippen molar-refractivity contribution in [2.75, 3.05) is 11.4 Å². The number of para-hydroxylation sites is 1. The molecule has 2 aromatic carbocycles. The van der Waals surface area contributed by atoms with Crippen LogP contribution in [0.15, 0.2) is 42.5 Å². The van der Waals surface area contributed by atoms with Gasteiger partial charge in [0.2, 0.25) is 0 Å². The summed E-state index contributed by atoms with van der Waals surface area (Å²) in [5.74, 6) is -0.335. The summed E-state index contributed by atoms with van der Waals surface area (Å²) < 4.78 is 14.1. The molecule has 0 aromatic heterocycles. The Morgan fingerprint density at radius 2 is 1.95 bits per heavy atom. The Kier molecular flexibility index (Phi) is 4.56. The first-order valence-electron chi connectivity index (χ1n) is 6.82. The van der Waals surface area contributed by atoms with Crippen LogP contribution in [0.25, 0.3) is 0 Å². The highest BCUT2D eigenvalue weighted by molar-refractivity contribution is 5.69. The van der Waals surface area contributed by atoms with Gasteiger partial charge in [-0.15, -0.1) is 0 Å². The molecule has 2 aromatic rings. The van der Waals surface area contributed by atoms with Crippen LogP contribution in [0.1, 0.15) is 31.1 Å². The lowest BCUT2D eigenvalue weighted by atomic mass is 10.0. The van der Waals surface area contributed by atoms with Crippen molar-refractivity contribution < 1.29 is 9.50 Å². The van der Waals surface area contributed by atoms with Gasteiger partial charge in [0.25, 0.3) is 0 Å². The second-order valence-electron chi connectivity index (χ2n) is 4.76. The molecule has 0 aliphatic carbocycles. The molecule has 4 heteroatoms. The van der Waals surface area contributed by atoms with E-state index in [1.807, 2.05) is 6.92 Å². The van der Waals surface area contributed by atoms with Crippen LogP contribution in [0.5, 0.6) is 0 Å². The number of hydrogen-bond acceptors (Lipinski definition) is 3. The third-order valence-corrected chi connectivity index (χ3v) is 3.36. The Morgan fingerprint density at radius 3 is 2.52 bits per heavy atom. The van der Waals surface area contributed by atoms with Gasteiger partial charge in [0, 0.05) is 17.8 Å². The third kappa shape index (κ3) is 3.04. The van der Waals surface area contributed by atoms with Gasteiger partial charge in [-0.25, -0.2) is 4.39 Å². The van der Waals surface area contributed by atoms with Gasteiger partial charge < -0.3 is 10.0 Å². The number of anilines is 2. The average molecular weight is 284 g/mol. The summed E-state index contributed by atoms with van der Waals surface area (Å²) in [6.45, 7) is 4.08. The van der Waals surface area contributed by atoms with E-state index in [9.17, 15) is 9.50 Å². The number of nitriles is 1. The number of aliphatic hydroxyl groups excluding tert-OH is 1. The van der Waals surface area contributed by atoms with E-state index in [1.54, 1.807) is 48.2 Å². The Hall–Kier alpha value is -2.38. The predicted molar refractivity (Wildman–Crippen MR) is 80.9 cm³/mol. The Labute approximate surface area is 123 Å². The zero-order chi connectivity index (χ0) is 15.4. The van der Waals surface area contributed by atoms with Gasteiger partial charge in [-0.3, -0.25) is 0 Å². The fraction of sp³-hybridized carbons (Fsp3) is 0.235. The van der Waals surface area contributed by atoms with Gasteiger partial charge in [-0.05, 0) is 38.1 Å². The largest absolute Gasteiger partial charge is 0.389 e. The first kappa shape index (κ1) is 15.0. The molecule has 2 rings (SSSR count). The smallest absolute Gasteiger partial charge is 0.146 e. The molecular weight excluding hydrogens is 267 g/mol. The van der Waals surface area contributed by atoms with E-state index < -0.39 is 6.10 Å². The molecule has 0 spiro atoms. The molecule has 0 fully saturated rings. The van der Waals surface area contributed by atoms with Crippen LogP contribution in [0, 0.1) is 17.1 Å². The monoisotopic (exact) mass is 284 g/mol. The van der Waals surface area contributed by atoms with Crippen LogP contribution in [0.2, 0.25) is 0 Å². The van der Waals surface area contributed by atoms with E-state index in [2.05, 4.69) is 6.07 Å². The topological polar surface area (TPSA) is 47.3 Å². The maximum Gasteiger partial charge on any atom is 0.146 e. The van der Waals surface area contributed by atoms with Gasteiger partial charge in [-0.1, -0.05) is 18.2 Å². The van der Waals surface area contributed by atoms with Crippen LogP contribution in [0.4, 0.5) is 15.8 Å². The lowest BCUT2D eigenvalue weighted by Crippen LogP contribution is -2.19. The third-order valence-electron chi connectivity index (χ3n) is 3.36. The van der Waals surface area contributed by atoms with Crippen molar-refractivity contribution in [3.8, 4) is 6.07 Å². The SMILES string of the molecule is CCN(c1ccccc1F)c1cc(C#N)ccc1C(C)O. The maximum absolute atomic E-state index is 14.1. The first-order valence-corrected chi connectivity index (χ1v) is 6.82. The minimum atomic E-state index is -0.700. The number of nitrogens with zero attached hydrogens (tertiary/aromatic N) is 2. The number of aliphatic hydroxyl groups is 1. The molecule has 0 saturated carbocycles. The van der Waals surface area contributed by atoms with Crippen molar-refractivity contribution in [2.45, 2.75) is 20.0 Å². The van der Waals surface area contributed by atoms with Crippen molar-refractivity contribution in [1.82, 2.24) is 0 Å². The average Bonchev–Trinajstić information content (AvgIpc) is 2.49. The number of benzene rings is 2. The van der Waals surface area contributed by atoms with Crippen LogP contribution in [-0.4, -0.2) is 11.7 Å². The second kappa shape index (κ2) is 6.38. The van der Waals surface area contributed by atoms with Crippen molar-refractivity contribution in [3.63, 3.8) is 0 Å². The molecule has 0 aliphatic rings. The van der Waals surface area contributed by atoms with Crippen molar-refractivity contribution in [3.05, 3.63) is 59.4 Å². The van der Waals surface area contributed by atoms with E-state index in [1.165, 1.54) is 6.07 Å². The standard InChI is InChI=1S/C17H17FN2O/c1-3-20(16-7-5-4-6-15(16)18)17-10-13(11-19)8-9-14(17)12(2)21/h4-10,12,21H,3H2,1-2H3.